The van der Waals surface area contributed by atoms with Crippen LogP contribution in [0, 0.1) is 0 Å². The average molecular weight is 328 g/mol. The molecule has 0 aliphatic carbocycles. The molecule has 0 unspecified atom stereocenters. The molecule has 2 rings (SSSR count). The van der Waals surface area contributed by atoms with Crippen molar-refractivity contribution in [3.63, 3.8) is 0 Å². The normalized spacial score (nSPS) is 12.5. The van der Waals surface area contributed by atoms with Crippen molar-refractivity contribution < 1.29 is 26.3 Å². The zero-order chi connectivity index (χ0) is 15.8. The molecule has 0 saturated carbocycles. The van der Waals surface area contributed by atoms with Gasteiger partial charge < -0.3 is 0 Å². The lowest BCUT2D eigenvalue weighted by Crippen LogP contribution is -2.12. The van der Waals surface area contributed by atoms with Crippen molar-refractivity contribution in [1.29, 1.82) is 0 Å². The minimum absolute atomic E-state index is 0.0992. The van der Waals surface area contributed by atoms with E-state index >= 15 is 0 Å². The molecule has 0 aliphatic heterocycles. The molecule has 0 amide bonds. The fourth-order valence-corrected chi connectivity index (χ4v) is 1.66. The second-order valence-corrected chi connectivity index (χ2v) is 4.28. The van der Waals surface area contributed by atoms with E-state index in [0.29, 0.717) is 12.4 Å². The van der Waals surface area contributed by atoms with Crippen LogP contribution in [0.25, 0.3) is 11.1 Å². The Kier molecular flexibility index (Phi) is 3.79. The average Bonchev–Trinajstić information content (AvgIpc) is 2.36. The van der Waals surface area contributed by atoms with Crippen LogP contribution in [-0.2, 0) is 12.4 Å². The first-order valence-electron chi connectivity index (χ1n) is 5.21. The maximum Gasteiger partial charge on any atom is 0.451 e. The standard InChI is InChI=1S/C11H4ClF6N3/c12-6-1-7(8(19-4-6)10(13,14)15)5-2-20-9(21-3-5)11(16,17)18/h1-4H. The second-order valence-electron chi connectivity index (χ2n) is 3.84. The van der Waals surface area contributed by atoms with Crippen molar-refractivity contribution in [2.75, 3.05) is 0 Å². The van der Waals surface area contributed by atoms with E-state index in [-0.39, 0.29) is 10.6 Å². The quantitative estimate of drug-likeness (QED) is 0.736. The molecule has 3 nitrogen and oxygen atoms in total. The SMILES string of the molecule is FC(F)(F)c1ncc(-c2cc(Cl)cnc2C(F)(F)F)cn1. The summed E-state index contributed by atoms with van der Waals surface area (Å²) >= 11 is 5.57. The summed E-state index contributed by atoms with van der Waals surface area (Å²) in [5.41, 5.74) is -2.05. The van der Waals surface area contributed by atoms with E-state index in [1.54, 1.807) is 0 Å². The van der Waals surface area contributed by atoms with Gasteiger partial charge in [-0.3, -0.25) is 0 Å². The van der Waals surface area contributed by atoms with Gasteiger partial charge in [-0.25, -0.2) is 15.0 Å². The van der Waals surface area contributed by atoms with Gasteiger partial charge in [-0.2, -0.15) is 26.3 Å². The van der Waals surface area contributed by atoms with Gasteiger partial charge in [0.25, 0.3) is 0 Å². The number of hydrogen-bond acceptors (Lipinski definition) is 3. The Hall–Kier alpha value is -1.90. The fourth-order valence-electron chi connectivity index (χ4n) is 1.50. The maximum atomic E-state index is 12.8. The third kappa shape index (κ3) is 3.41. The first-order chi connectivity index (χ1) is 9.59. The van der Waals surface area contributed by atoms with Crippen molar-refractivity contribution in [2.24, 2.45) is 0 Å². The molecule has 0 saturated heterocycles. The van der Waals surface area contributed by atoms with Gasteiger partial charge in [-0.05, 0) is 6.07 Å². The minimum Gasteiger partial charge on any atom is -0.250 e. The van der Waals surface area contributed by atoms with Gasteiger partial charge in [0.05, 0.1) is 5.02 Å². The summed E-state index contributed by atoms with van der Waals surface area (Å²) in [6.07, 6.45) is -7.50. The van der Waals surface area contributed by atoms with Crippen LogP contribution in [0.15, 0.2) is 24.7 Å². The predicted molar refractivity (Wildman–Crippen MR) is 60.3 cm³/mol. The van der Waals surface area contributed by atoms with Crippen molar-refractivity contribution >= 4 is 11.6 Å². The van der Waals surface area contributed by atoms with E-state index in [0.717, 1.165) is 12.3 Å². The molecule has 0 N–H and O–H groups in total. The molecule has 2 aromatic heterocycles. The molecule has 112 valence electrons. The third-order valence-corrected chi connectivity index (χ3v) is 2.55. The Labute approximate surface area is 118 Å². The summed E-state index contributed by atoms with van der Waals surface area (Å²) in [6, 6.07) is 0.934. The number of rotatable bonds is 1. The number of aromatic nitrogens is 3. The van der Waals surface area contributed by atoms with E-state index in [4.69, 9.17) is 11.6 Å². The van der Waals surface area contributed by atoms with Crippen LogP contribution in [-0.4, -0.2) is 15.0 Å². The molecule has 0 aromatic carbocycles. The number of hydrogen-bond donors (Lipinski definition) is 0. The highest BCUT2D eigenvalue weighted by atomic mass is 35.5. The summed E-state index contributed by atoms with van der Waals surface area (Å²) < 4.78 is 75.4. The van der Waals surface area contributed by atoms with Crippen LogP contribution in [0.2, 0.25) is 5.02 Å². The lowest BCUT2D eigenvalue weighted by atomic mass is 10.1. The first-order valence-corrected chi connectivity index (χ1v) is 5.59. The predicted octanol–water partition coefficient (Wildman–Crippen LogP) is 4.23. The van der Waals surface area contributed by atoms with Crippen molar-refractivity contribution in [1.82, 2.24) is 15.0 Å². The molecule has 2 heterocycles. The molecule has 0 bridgehead atoms. The smallest absolute Gasteiger partial charge is 0.250 e. The lowest BCUT2D eigenvalue weighted by Gasteiger charge is -2.12. The molecule has 0 fully saturated rings. The Morgan fingerprint density at radius 3 is 1.86 bits per heavy atom. The van der Waals surface area contributed by atoms with E-state index in [1.807, 2.05) is 0 Å². The minimum atomic E-state index is -4.79. The van der Waals surface area contributed by atoms with Gasteiger partial charge >= 0.3 is 12.4 Å². The van der Waals surface area contributed by atoms with E-state index in [1.165, 1.54) is 0 Å². The van der Waals surface area contributed by atoms with Crippen LogP contribution < -0.4 is 0 Å². The van der Waals surface area contributed by atoms with Crippen molar-refractivity contribution in [2.45, 2.75) is 12.4 Å². The van der Waals surface area contributed by atoms with Crippen LogP contribution >= 0.6 is 11.6 Å². The highest BCUT2D eigenvalue weighted by Crippen LogP contribution is 2.36. The molecule has 0 spiro atoms. The van der Waals surface area contributed by atoms with E-state index < -0.39 is 29.4 Å². The summed E-state index contributed by atoms with van der Waals surface area (Å²) in [5.74, 6) is -1.45. The fraction of sp³-hybridized carbons (Fsp3) is 0.182. The second kappa shape index (κ2) is 5.14. The summed E-state index contributed by atoms with van der Waals surface area (Å²) in [4.78, 5) is 9.17. The topological polar surface area (TPSA) is 38.7 Å². The van der Waals surface area contributed by atoms with Crippen LogP contribution in [0.1, 0.15) is 11.5 Å². The molecule has 10 heteroatoms. The number of pyridine rings is 1. The van der Waals surface area contributed by atoms with Crippen molar-refractivity contribution in [3.05, 3.63) is 41.2 Å². The third-order valence-electron chi connectivity index (χ3n) is 2.34. The zero-order valence-electron chi connectivity index (χ0n) is 9.80. The molecule has 2 aromatic rings. The molecular formula is C11H4ClF6N3. The lowest BCUT2D eigenvalue weighted by molar-refractivity contribution is -0.145. The Balaban J connectivity index is 2.54. The van der Waals surface area contributed by atoms with Gasteiger partial charge in [0.15, 0.2) is 5.69 Å². The Morgan fingerprint density at radius 2 is 1.38 bits per heavy atom. The van der Waals surface area contributed by atoms with Crippen LogP contribution in [0.3, 0.4) is 0 Å². The van der Waals surface area contributed by atoms with Crippen LogP contribution in [0.5, 0.6) is 0 Å². The molecule has 0 atom stereocenters. The van der Waals surface area contributed by atoms with Gasteiger partial charge in [-0.1, -0.05) is 11.6 Å². The number of nitrogens with zero attached hydrogens (tertiary/aromatic N) is 3. The maximum absolute atomic E-state index is 12.8. The summed E-state index contributed by atoms with van der Waals surface area (Å²) in [7, 11) is 0. The van der Waals surface area contributed by atoms with Crippen LogP contribution in [0.4, 0.5) is 26.3 Å². The highest BCUT2D eigenvalue weighted by Gasteiger charge is 2.37. The molecule has 0 radical (unpaired) electrons. The number of alkyl halides is 6. The van der Waals surface area contributed by atoms with Gasteiger partial charge in [0.2, 0.25) is 5.82 Å². The van der Waals surface area contributed by atoms with Gasteiger partial charge in [-0.15, -0.1) is 0 Å². The van der Waals surface area contributed by atoms with E-state index in [9.17, 15) is 26.3 Å². The zero-order valence-corrected chi connectivity index (χ0v) is 10.6. The van der Waals surface area contributed by atoms with Gasteiger partial charge in [0, 0.05) is 29.7 Å². The van der Waals surface area contributed by atoms with Gasteiger partial charge in [0.1, 0.15) is 0 Å². The molecule has 0 aliphatic rings. The Morgan fingerprint density at radius 1 is 0.810 bits per heavy atom. The van der Waals surface area contributed by atoms with Crippen molar-refractivity contribution in [3.8, 4) is 11.1 Å². The molecular weight excluding hydrogens is 324 g/mol. The largest absolute Gasteiger partial charge is 0.451 e. The first kappa shape index (κ1) is 15.5. The highest BCUT2D eigenvalue weighted by molar-refractivity contribution is 6.30. The summed E-state index contributed by atoms with van der Waals surface area (Å²) in [6.45, 7) is 0. The monoisotopic (exact) mass is 327 g/mol. The number of halogens is 7. The Bertz CT molecular complexity index is 650. The summed E-state index contributed by atoms with van der Waals surface area (Å²) in [5, 5.41) is -0.0992. The molecule has 21 heavy (non-hydrogen) atoms. The van der Waals surface area contributed by atoms with E-state index in [2.05, 4.69) is 15.0 Å².